The maximum absolute atomic E-state index is 15.6. The van der Waals surface area contributed by atoms with Gasteiger partial charge in [0, 0.05) is 35.1 Å². The lowest BCUT2D eigenvalue weighted by atomic mass is 9.62. The summed E-state index contributed by atoms with van der Waals surface area (Å²) in [6, 6.07) is 7.56. The molecule has 39 heavy (non-hydrogen) atoms. The molecule has 1 aliphatic heterocycles. The second-order valence-corrected chi connectivity index (χ2v) is 10.8. The van der Waals surface area contributed by atoms with Gasteiger partial charge in [-0.25, -0.2) is 8.78 Å². The third kappa shape index (κ3) is 5.60. The number of amides is 1. The highest BCUT2D eigenvalue weighted by Gasteiger charge is 2.64. The largest absolute Gasteiger partial charge is 0.462 e. The minimum atomic E-state index is -1.92. The maximum atomic E-state index is 15.6. The smallest absolute Gasteiger partial charge is 0.323 e. The molecule has 2 fully saturated rings. The normalized spacial score (nSPS) is 26.0. The Hall–Kier alpha value is -2.81. The van der Waals surface area contributed by atoms with E-state index < -0.39 is 72.0 Å². The van der Waals surface area contributed by atoms with Gasteiger partial charge in [0.25, 0.3) is 0 Å². The predicted octanol–water partition coefficient (Wildman–Crippen LogP) is 2.96. The molecule has 1 unspecified atom stereocenters. The van der Waals surface area contributed by atoms with E-state index in [-0.39, 0.29) is 33.7 Å². The molecular formula is C27H27Cl2F2N3O5. The summed E-state index contributed by atoms with van der Waals surface area (Å²) < 4.78 is 36.5. The van der Waals surface area contributed by atoms with E-state index in [1.54, 1.807) is 0 Å². The molecule has 1 saturated heterocycles. The Labute approximate surface area is 233 Å². The van der Waals surface area contributed by atoms with Gasteiger partial charge in [0.2, 0.25) is 5.91 Å². The number of primary amides is 1. The van der Waals surface area contributed by atoms with Gasteiger partial charge in [-0.3, -0.25) is 14.9 Å². The van der Waals surface area contributed by atoms with Gasteiger partial charge in [-0.2, -0.15) is 5.26 Å². The monoisotopic (exact) mass is 581 g/mol. The summed E-state index contributed by atoms with van der Waals surface area (Å²) >= 11 is 12.1. The lowest BCUT2D eigenvalue weighted by Crippen LogP contribution is -2.49. The molecule has 2 aromatic rings. The lowest BCUT2D eigenvalue weighted by molar-refractivity contribution is -0.150. The van der Waals surface area contributed by atoms with E-state index in [2.05, 4.69) is 11.4 Å². The topological polar surface area (TPSA) is 146 Å². The highest BCUT2D eigenvalue weighted by atomic mass is 35.5. The third-order valence-corrected chi connectivity index (χ3v) is 8.05. The number of nitrogens with zero attached hydrogens (tertiary/aromatic N) is 1. The van der Waals surface area contributed by atoms with E-state index in [0.29, 0.717) is 0 Å². The van der Waals surface area contributed by atoms with Crippen molar-refractivity contribution in [1.29, 1.82) is 5.26 Å². The van der Waals surface area contributed by atoms with Crippen LogP contribution in [0.4, 0.5) is 8.78 Å². The first-order valence-corrected chi connectivity index (χ1v) is 13.1. The van der Waals surface area contributed by atoms with Crippen LogP contribution < -0.4 is 11.1 Å². The molecule has 1 heterocycles. The van der Waals surface area contributed by atoms with Crippen LogP contribution in [-0.4, -0.2) is 53.5 Å². The number of hydrogen-bond donors (Lipinski definition) is 4. The standard InChI is InChI=1S/C27H27Cl2F2N3O5/c28-14-6-7-18(20(30)8-14)27(12-32)22(16-2-1-3-19(29)23(16)31)24(26(38)39-11-15(36)9-21(33)37)34-25(27)17(10-35)13-4-5-13/h1-3,6-8,13,15,17,22,24-25,34-36H,4-5,9-11H2,(H2,33,37)/t15-,17?,22-,24+,25-,27+/m0/s1. The van der Waals surface area contributed by atoms with Crippen LogP contribution in [0.3, 0.4) is 0 Å². The summed E-state index contributed by atoms with van der Waals surface area (Å²) in [6.07, 6.45) is -0.361. The Bertz CT molecular complexity index is 1300. The highest BCUT2D eigenvalue weighted by molar-refractivity contribution is 6.31. The number of halogens is 4. The number of carbonyl (C=O) groups excluding carboxylic acids is 2. The first kappa shape index (κ1) is 29.2. The van der Waals surface area contributed by atoms with Crippen LogP contribution in [-0.2, 0) is 19.7 Å². The number of nitrogens with one attached hydrogen (secondary N) is 1. The average Bonchev–Trinajstić information content (AvgIpc) is 3.66. The number of carbonyl (C=O) groups is 2. The van der Waals surface area contributed by atoms with Crippen LogP contribution in [0, 0.1) is 34.8 Å². The molecule has 12 heteroatoms. The zero-order valence-electron chi connectivity index (χ0n) is 20.6. The number of ether oxygens (including phenoxy) is 1. The fraction of sp³-hybridized carbons (Fsp3) is 0.444. The van der Waals surface area contributed by atoms with Crippen LogP contribution >= 0.6 is 23.2 Å². The number of esters is 1. The van der Waals surface area contributed by atoms with Gasteiger partial charge < -0.3 is 20.7 Å². The van der Waals surface area contributed by atoms with E-state index in [4.69, 9.17) is 33.7 Å². The van der Waals surface area contributed by atoms with Gasteiger partial charge in [-0.15, -0.1) is 0 Å². The van der Waals surface area contributed by atoms with Crippen molar-refractivity contribution in [2.24, 2.45) is 17.6 Å². The Morgan fingerprint density at radius 3 is 2.56 bits per heavy atom. The van der Waals surface area contributed by atoms with Crippen LogP contribution in [0.25, 0.3) is 0 Å². The Kier molecular flexibility index (Phi) is 8.78. The second-order valence-electron chi connectivity index (χ2n) is 9.99. The number of benzene rings is 2. The molecule has 5 N–H and O–H groups in total. The molecule has 0 bridgehead atoms. The number of hydrogen-bond acceptors (Lipinski definition) is 7. The van der Waals surface area contributed by atoms with Crippen LogP contribution in [0.15, 0.2) is 36.4 Å². The lowest BCUT2D eigenvalue weighted by Gasteiger charge is -2.38. The summed E-state index contributed by atoms with van der Waals surface area (Å²) in [6.45, 7) is -0.985. The molecule has 1 aliphatic carbocycles. The number of aliphatic hydroxyl groups excluding tert-OH is 2. The van der Waals surface area contributed by atoms with Crippen LogP contribution in [0.1, 0.15) is 36.3 Å². The number of aliphatic hydroxyl groups is 2. The van der Waals surface area contributed by atoms with Gasteiger partial charge in [0.05, 0.1) is 23.6 Å². The first-order chi connectivity index (χ1) is 18.5. The van der Waals surface area contributed by atoms with Crippen LogP contribution in [0.5, 0.6) is 0 Å². The van der Waals surface area contributed by atoms with E-state index in [1.807, 2.05) is 0 Å². The summed E-state index contributed by atoms with van der Waals surface area (Å²) in [5, 5.41) is 34.1. The summed E-state index contributed by atoms with van der Waals surface area (Å²) in [5.74, 6) is -5.54. The van der Waals surface area contributed by atoms with Crippen molar-refractivity contribution in [2.45, 2.75) is 48.8 Å². The average molecular weight is 582 g/mol. The molecule has 6 atom stereocenters. The van der Waals surface area contributed by atoms with E-state index in [0.717, 1.165) is 18.9 Å². The third-order valence-electron chi connectivity index (χ3n) is 7.53. The van der Waals surface area contributed by atoms with E-state index >= 15 is 8.78 Å². The van der Waals surface area contributed by atoms with Crippen molar-refractivity contribution in [2.75, 3.05) is 13.2 Å². The second kappa shape index (κ2) is 11.7. The summed E-state index contributed by atoms with van der Waals surface area (Å²) in [5.41, 5.74) is 2.88. The molecule has 4 rings (SSSR count). The molecule has 8 nitrogen and oxygen atoms in total. The number of nitrogens with two attached hydrogens (primary N) is 1. The zero-order valence-corrected chi connectivity index (χ0v) is 22.1. The fourth-order valence-electron chi connectivity index (χ4n) is 5.70. The molecule has 0 spiro atoms. The van der Waals surface area contributed by atoms with Crippen LogP contribution in [0.2, 0.25) is 10.0 Å². The molecule has 208 valence electrons. The fourth-order valence-corrected chi connectivity index (χ4v) is 6.04. The Balaban J connectivity index is 1.90. The molecule has 0 aromatic heterocycles. The highest BCUT2D eigenvalue weighted by Crippen LogP contribution is 2.55. The first-order valence-electron chi connectivity index (χ1n) is 12.4. The number of rotatable bonds is 10. The molecule has 1 amide bonds. The quantitative estimate of drug-likeness (QED) is 0.315. The summed E-state index contributed by atoms with van der Waals surface area (Å²) in [4.78, 5) is 24.6. The van der Waals surface area contributed by atoms with E-state index in [1.165, 1.54) is 30.3 Å². The SMILES string of the molecule is N#C[C@]1(c2ccc(Cl)cc2F)[C@H](C(CO)C2CC2)N[C@@H](C(=O)OC[C@@H](O)CC(N)=O)[C@@H]1c1cccc(Cl)c1F. The van der Waals surface area contributed by atoms with E-state index in [9.17, 15) is 25.1 Å². The van der Waals surface area contributed by atoms with Gasteiger partial charge in [-0.05, 0) is 42.5 Å². The van der Waals surface area contributed by atoms with Crippen molar-refractivity contribution < 1.29 is 33.3 Å². The van der Waals surface area contributed by atoms with Crippen molar-refractivity contribution in [1.82, 2.24) is 5.32 Å². The predicted molar refractivity (Wildman–Crippen MR) is 138 cm³/mol. The molecule has 2 aromatic carbocycles. The van der Waals surface area contributed by atoms with Gasteiger partial charge in [0.1, 0.15) is 29.7 Å². The molecule has 0 radical (unpaired) electrons. The Morgan fingerprint density at radius 1 is 1.26 bits per heavy atom. The molecule has 1 saturated carbocycles. The van der Waals surface area contributed by atoms with Crippen molar-refractivity contribution >= 4 is 35.1 Å². The Morgan fingerprint density at radius 2 is 1.97 bits per heavy atom. The van der Waals surface area contributed by atoms with Gasteiger partial charge in [-0.1, -0.05) is 41.4 Å². The minimum Gasteiger partial charge on any atom is -0.462 e. The maximum Gasteiger partial charge on any atom is 0.323 e. The van der Waals surface area contributed by atoms with Gasteiger partial charge >= 0.3 is 5.97 Å². The minimum absolute atomic E-state index is 0.0207. The summed E-state index contributed by atoms with van der Waals surface area (Å²) in [7, 11) is 0. The molecule has 2 aliphatic rings. The van der Waals surface area contributed by atoms with Gasteiger partial charge in [0.15, 0.2) is 0 Å². The molecular weight excluding hydrogens is 555 g/mol. The number of nitriles is 1. The zero-order chi connectivity index (χ0) is 28.5. The van der Waals surface area contributed by atoms with Crippen molar-refractivity contribution in [3.63, 3.8) is 0 Å². The van der Waals surface area contributed by atoms with Crippen molar-refractivity contribution in [3.05, 3.63) is 69.2 Å². The van der Waals surface area contributed by atoms with Crippen molar-refractivity contribution in [3.8, 4) is 6.07 Å².